The second-order valence-corrected chi connectivity index (χ2v) is 5.23. The maximum Gasteiger partial charge on any atom is 0.227 e. The molecule has 1 aromatic carbocycles. The van der Waals surface area contributed by atoms with E-state index in [0.29, 0.717) is 25.4 Å². The van der Waals surface area contributed by atoms with Crippen molar-refractivity contribution in [3.8, 4) is 11.5 Å². The molecule has 122 valence electrons. The Kier molecular flexibility index (Phi) is 6.03. The summed E-state index contributed by atoms with van der Waals surface area (Å²) >= 11 is 0. The number of amides is 1. The minimum atomic E-state index is -0.395. The fraction of sp³-hybridized carbons (Fsp3) is 0.562. The van der Waals surface area contributed by atoms with Crippen LogP contribution in [0.4, 0.5) is 0 Å². The van der Waals surface area contributed by atoms with Crippen molar-refractivity contribution in [3.05, 3.63) is 23.8 Å². The minimum absolute atomic E-state index is 0.136. The Labute approximate surface area is 130 Å². The summed E-state index contributed by atoms with van der Waals surface area (Å²) in [6, 6.07) is 5.31. The number of fused-ring (bicyclic) bond motifs is 1. The molecule has 22 heavy (non-hydrogen) atoms. The van der Waals surface area contributed by atoms with Gasteiger partial charge >= 0.3 is 0 Å². The summed E-state index contributed by atoms with van der Waals surface area (Å²) in [6.45, 7) is 2.91. The molecule has 0 spiro atoms. The lowest BCUT2D eigenvalue weighted by Crippen LogP contribution is -2.46. The molecule has 1 aromatic rings. The van der Waals surface area contributed by atoms with E-state index in [9.17, 15) is 9.90 Å². The highest BCUT2D eigenvalue weighted by Crippen LogP contribution is 2.36. The monoisotopic (exact) mass is 309 g/mol. The molecule has 0 bridgehead atoms. The molecule has 0 radical (unpaired) electrons. The number of ether oxygens (including phenoxy) is 3. The van der Waals surface area contributed by atoms with Crippen LogP contribution in [-0.2, 0) is 16.0 Å². The number of carbonyl (C=O) groups excluding carboxylic acids is 1. The van der Waals surface area contributed by atoms with Crippen molar-refractivity contribution in [2.45, 2.75) is 19.4 Å². The van der Waals surface area contributed by atoms with Gasteiger partial charge in [0, 0.05) is 7.11 Å². The summed E-state index contributed by atoms with van der Waals surface area (Å²) in [5.74, 6) is 1.02. The smallest absolute Gasteiger partial charge is 0.227 e. The Balaban J connectivity index is 2.02. The van der Waals surface area contributed by atoms with Crippen molar-refractivity contribution < 1.29 is 24.1 Å². The SMILES string of the molecule is CCOc1cccc2c1OC[C@H](C(=O)N[C@@H](CO)COC)C2. The van der Waals surface area contributed by atoms with Gasteiger partial charge in [0.2, 0.25) is 5.91 Å². The van der Waals surface area contributed by atoms with Crippen LogP contribution in [0.15, 0.2) is 18.2 Å². The number of carbonyl (C=O) groups is 1. The fourth-order valence-corrected chi connectivity index (χ4v) is 2.49. The first-order valence-electron chi connectivity index (χ1n) is 7.47. The molecule has 1 amide bonds. The van der Waals surface area contributed by atoms with E-state index < -0.39 is 6.04 Å². The molecule has 2 N–H and O–H groups in total. The van der Waals surface area contributed by atoms with E-state index in [2.05, 4.69) is 5.32 Å². The fourth-order valence-electron chi connectivity index (χ4n) is 2.49. The van der Waals surface area contributed by atoms with Crippen molar-refractivity contribution in [1.29, 1.82) is 0 Å². The van der Waals surface area contributed by atoms with Crippen molar-refractivity contribution in [2.24, 2.45) is 5.92 Å². The quantitative estimate of drug-likeness (QED) is 0.777. The summed E-state index contributed by atoms with van der Waals surface area (Å²) in [4.78, 5) is 12.3. The van der Waals surface area contributed by atoms with Gasteiger partial charge in [-0.15, -0.1) is 0 Å². The van der Waals surface area contributed by atoms with Crippen LogP contribution in [0.5, 0.6) is 11.5 Å². The molecule has 0 aromatic heterocycles. The lowest BCUT2D eigenvalue weighted by molar-refractivity contribution is -0.127. The summed E-state index contributed by atoms with van der Waals surface area (Å²) in [7, 11) is 1.53. The lowest BCUT2D eigenvalue weighted by Gasteiger charge is -2.27. The van der Waals surface area contributed by atoms with Gasteiger partial charge in [0.15, 0.2) is 11.5 Å². The van der Waals surface area contributed by atoms with Gasteiger partial charge in [0.1, 0.15) is 6.61 Å². The lowest BCUT2D eigenvalue weighted by atomic mass is 9.95. The first-order valence-corrected chi connectivity index (χ1v) is 7.47. The van der Waals surface area contributed by atoms with Crippen molar-refractivity contribution in [3.63, 3.8) is 0 Å². The van der Waals surface area contributed by atoms with Crippen molar-refractivity contribution in [1.82, 2.24) is 5.32 Å². The van der Waals surface area contributed by atoms with E-state index in [-0.39, 0.29) is 25.0 Å². The predicted molar refractivity (Wildman–Crippen MR) is 81.2 cm³/mol. The van der Waals surface area contributed by atoms with Crippen LogP contribution in [0.2, 0.25) is 0 Å². The molecule has 2 rings (SSSR count). The number of benzene rings is 1. The number of para-hydroxylation sites is 1. The minimum Gasteiger partial charge on any atom is -0.490 e. The van der Waals surface area contributed by atoms with E-state index in [0.717, 1.165) is 11.3 Å². The average Bonchev–Trinajstić information content (AvgIpc) is 2.54. The molecule has 0 aliphatic carbocycles. The zero-order valence-corrected chi connectivity index (χ0v) is 13.0. The Morgan fingerprint density at radius 1 is 1.55 bits per heavy atom. The third-order valence-electron chi connectivity index (χ3n) is 3.56. The maximum atomic E-state index is 12.3. The van der Waals surface area contributed by atoms with E-state index in [1.165, 1.54) is 7.11 Å². The number of hydrogen-bond donors (Lipinski definition) is 2. The second-order valence-electron chi connectivity index (χ2n) is 5.23. The molecular weight excluding hydrogens is 286 g/mol. The maximum absolute atomic E-state index is 12.3. The highest BCUT2D eigenvalue weighted by atomic mass is 16.5. The van der Waals surface area contributed by atoms with Gasteiger partial charge in [-0.1, -0.05) is 12.1 Å². The van der Waals surface area contributed by atoms with Gasteiger partial charge in [-0.2, -0.15) is 0 Å². The van der Waals surface area contributed by atoms with Gasteiger partial charge in [-0.25, -0.2) is 0 Å². The predicted octanol–water partition coefficient (Wildman–Crippen LogP) is 0.760. The van der Waals surface area contributed by atoms with Gasteiger partial charge in [0.25, 0.3) is 0 Å². The number of nitrogens with one attached hydrogen (secondary N) is 1. The topological polar surface area (TPSA) is 77.0 Å². The largest absolute Gasteiger partial charge is 0.490 e. The zero-order chi connectivity index (χ0) is 15.9. The van der Waals surface area contributed by atoms with Crippen LogP contribution in [0.25, 0.3) is 0 Å². The van der Waals surface area contributed by atoms with Gasteiger partial charge < -0.3 is 24.6 Å². The third kappa shape index (κ3) is 3.90. The number of aliphatic hydroxyl groups excluding tert-OH is 1. The van der Waals surface area contributed by atoms with Crippen LogP contribution in [-0.4, -0.2) is 50.6 Å². The molecular formula is C16H23NO5. The molecule has 1 heterocycles. The Bertz CT molecular complexity index is 505. The summed E-state index contributed by atoms with van der Waals surface area (Å²) in [5, 5.41) is 12.0. The van der Waals surface area contributed by atoms with Crippen LogP contribution >= 0.6 is 0 Å². The van der Waals surface area contributed by atoms with E-state index in [1.807, 2.05) is 25.1 Å². The molecule has 6 heteroatoms. The van der Waals surface area contributed by atoms with Crippen LogP contribution in [0.1, 0.15) is 12.5 Å². The molecule has 0 fully saturated rings. The van der Waals surface area contributed by atoms with Crippen molar-refractivity contribution in [2.75, 3.05) is 33.5 Å². The van der Waals surface area contributed by atoms with Gasteiger partial charge in [-0.05, 0) is 25.0 Å². The van der Waals surface area contributed by atoms with Gasteiger partial charge in [-0.3, -0.25) is 4.79 Å². The molecule has 1 aliphatic heterocycles. The molecule has 1 aliphatic rings. The molecule has 6 nitrogen and oxygen atoms in total. The zero-order valence-electron chi connectivity index (χ0n) is 13.0. The first-order chi connectivity index (χ1) is 10.7. The average molecular weight is 309 g/mol. The van der Waals surface area contributed by atoms with Gasteiger partial charge in [0.05, 0.1) is 31.8 Å². The van der Waals surface area contributed by atoms with E-state index >= 15 is 0 Å². The highest BCUT2D eigenvalue weighted by molar-refractivity contribution is 5.80. The van der Waals surface area contributed by atoms with Crippen LogP contribution in [0, 0.1) is 5.92 Å². The summed E-state index contributed by atoms with van der Waals surface area (Å²) < 4.78 is 16.2. The van der Waals surface area contributed by atoms with Crippen molar-refractivity contribution >= 4 is 5.91 Å². The molecule has 0 saturated heterocycles. The van der Waals surface area contributed by atoms with Crippen LogP contribution < -0.4 is 14.8 Å². The Morgan fingerprint density at radius 3 is 3.05 bits per heavy atom. The summed E-state index contributed by atoms with van der Waals surface area (Å²) in [5.41, 5.74) is 0.963. The molecule has 2 atom stereocenters. The Morgan fingerprint density at radius 2 is 2.36 bits per heavy atom. The standard InChI is InChI=1S/C16H23NO5/c1-3-21-14-6-4-5-11-7-12(9-22-15(11)14)16(19)17-13(8-18)10-20-2/h4-6,12-13,18H,3,7-10H2,1-2H3,(H,17,19)/t12-,13+/m1/s1. The number of aliphatic hydroxyl groups is 1. The van der Waals surface area contributed by atoms with Crippen LogP contribution in [0.3, 0.4) is 0 Å². The third-order valence-corrected chi connectivity index (χ3v) is 3.56. The molecule has 0 saturated carbocycles. The van der Waals surface area contributed by atoms with E-state index in [4.69, 9.17) is 14.2 Å². The normalized spacial score (nSPS) is 18.0. The number of hydrogen-bond acceptors (Lipinski definition) is 5. The number of rotatable bonds is 7. The first kappa shape index (κ1) is 16.6. The second kappa shape index (κ2) is 8.00. The highest BCUT2D eigenvalue weighted by Gasteiger charge is 2.29. The summed E-state index contributed by atoms with van der Waals surface area (Å²) in [6.07, 6.45) is 0.590. The van der Waals surface area contributed by atoms with E-state index in [1.54, 1.807) is 0 Å². The Hall–Kier alpha value is -1.79. The molecule has 0 unspecified atom stereocenters. The number of methoxy groups -OCH3 is 1.